The van der Waals surface area contributed by atoms with Crippen LogP contribution >= 0.6 is 7.26 Å². The van der Waals surface area contributed by atoms with Gasteiger partial charge in [-0.1, -0.05) is 97.8 Å². The fourth-order valence-corrected chi connectivity index (χ4v) is 7.79. The first-order valence-electron chi connectivity index (χ1n) is 13.4. The Labute approximate surface area is 191 Å². The molecule has 0 aliphatic heterocycles. The van der Waals surface area contributed by atoms with Gasteiger partial charge in [-0.05, 0) is 45.4 Å². The Morgan fingerprint density at radius 1 is 0.533 bits per heavy atom. The number of carboxylic acid groups (broad SMARTS) is 1. The van der Waals surface area contributed by atoms with Gasteiger partial charge in [0.1, 0.15) is 0 Å². The summed E-state index contributed by atoms with van der Waals surface area (Å²) in [5.74, 6) is -1.08. The van der Waals surface area contributed by atoms with Crippen molar-refractivity contribution in [3.05, 3.63) is 0 Å². The van der Waals surface area contributed by atoms with Gasteiger partial charge in [-0.2, -0.15) is 0 Å². The number of hydrogen-bond donors (Lipinski definition) is 0. The van der Waals surface area contributed by atoms with Gasteiger partial charge in [0.15, 0.2) is 0 Å². The lowest BCUT2D eigenvalue weighted by atomic mass is 10.1. The Morgan fingerprint density at radius 2 is 0.733 bits per heavy atom. The maximum atomic E-state index is 8.89. The maximum absolute atomic E-state index is 8.89. The largest absolute Gasteiger partial charge is 0.550 e. The van der Waals surface area contributed by atoms with Gasteiger partial charge >= 0.3 is 0 Å². The molecule has 2 nitrogen and oxygen atoms in total. The zero-order chi connectivity index (χ0) is 22.9. The molecule has 0 saturated heterocycles. The number of rotatable bonds is 21. The van der Waals surface area contributed by atoms with Crippen LogP contribution in [0.15, 0.2) is 0 Å². The van der Waals surface area contributed by atoms with Crippen LogP contribution in [-0.2, 0) is 4.79 Å². The molecule has 182 valence electrons. The second-order valence-electron chi connectivity index (χ2n) is 9.59. The van der Waals surface area contributed by atoms with Crippen LogP contribution in [0.5, 0.6) is 0 Å². The first-order chi connectivity index (χ1) is 14.4. The van der Waals surface area contributed by atoms with Crippen LogP contribution in [0.4, 0.5) is 0 Å². The van der Waals surface area contributed by atoms with Crippen LogP contribution in [0.25, 0.3) is 0 Å². The van der Waals surface area contributed by atoms with Gasteiger partial charge < -0.3 is 9.90 Å². The average molecular weight is 445 g/mol. The molecule has 30 heavy (non-hydrogen) atoms. The number of carbonyl (C=O) groups excluding carboxylic acids is 1. The minimum absolute atomic E-state index is 0.636. The molecule has 3 heteroatoms. The van der Waals surface area contributed by atoms with E-state index in [0.29, 0.717) is 0 Å². The first-order valence-corrected chi connectivity index (χ1v) is 16.2. The Morgan fingerprint density at radius 3 is 0.967 bits per heavy atom. The van der Waals surface area contributed by atoms with E-state index in [1.54, 1.807) is 18.5 Å². The van der Waals surface area contributed by atoms with E-state index in [4.69, 9.17) is 9.90 Å². The molecule has 0 bridgehead atoms. The molecular formula is C27H57O2P. The fourth-order valence-electron chi connectivity index (χ4n) is 4.16. The third-order valence-electron chi connectivity index (χ3n) is 6.15. The molecule has 0 radical (unpaired) electrons. The van der Waals surface area contributed by atoms with Gasteiger partial charge in [-0.3, -0.25) is 0 Å². The molecule has 0 aliphatic carbocycles. The van der Waals surface area contributed by atoms with E-state index in [0.717, 1.165) is 6.92 Å². The summed E-state index contributed by atoms with van der Waals surface area (Å²) in [7, 11) is -0.636. The highest BCUT2D eigenvalue weighted by Crippen LogP contribution is 2.57. The SMILES string of the molecule is CC(=O)[O-].CCCCCCCC[P+](C)(CCCCCCCC)CCCCCCCC. The summed E-state index contributed by atoms with van der Waals surface area (Å²) in [6, 6.07) is 0. The van der Waals surface area contributed by atoms with Gasteiger partial charge in [-0.25, -0.2) is 0 Å². The molecule has 0 aromatic carbocycles. The molecule has 0 amide bonds. The monoisotopic (exact) mass is 444 g/mol. The highest BCUT2D eigenvalue weighted by Gasteiger charge is 2.29. The van der Waals surface area contributed by atoms with E-state index in [9.17, 15) is 0 Å². The lowest BCUT2D eigenvalue weighted by Gasteiger charge is -2.24. The van der Waals surface area contributed by atoms with Crippen molar-refractivity contribution in [3.8, 4) is 0 Å². The molecule has 0 aromatic rings. The van der Waals surface area contributed by atoms with Crippen molar-refractivity contribution in [2.24, 2.45) is 0 Å². The molecule has 0 aromatic heterocycles. The van der Waals surface area contributed by atoms with Crippen molar-refractivity contribution in [1.29, 1.82) is 0 Å². The first kappa shape index (κ1) is 32.1. The summed E-state index contributed by atoms with van der Waals surface area (Å²) < 4.78 is 0. The van der Waals surface area contributed by atoms with Gasteiger partial charge in [0, 0.05) is 19.9 Å². The van der Waals surface area contributed by atoms with Crippen LogP contribution in [-0.4, -0.2) is 31.1 Å². The van der Waals surface area contributed by atoms with Crippen molar-refractivity contribution in [2.45, 2.75) is 143 Å². The lowest BCUT2D eigenvalue weighted by molar-refractivity contribution is -0.302. The molecule has 0 saturated carbocycles. The van der Waals surface area contributed by atoms with Crippen molar-refractivity contribution in [1.82, 2.24) is 0 Å². The van der Waals surface area contributed by atoms with Gasteiger partial charge in [0.05, 0.1) is 18.5 Å². The van der Waals surface area contributed by atoms with Gasteiger partial charge in [-0.15, -0.1) is 0 Å². The normalized spacial score (nSPS) is 11.2. The van der Waals surface area contributed by atoms with Crippen LogP contribution in [0.2, 0.25) is 0 Å². The minimum atomic E-state index is -1.08. The Bertz CT molecular complexity index is 299. The van der Waals surface area contributed by atoms with Crippen molar-refractivity contribution in [3.63, 3.8) is 0 Å². The Balaban J connectivity index is 0. The summed E-state index contributed by atoms with van der Waals surface area (Å²) in [5.41, 5.74) is 0. The molecule has 0 aliphatic rings. The predicted molar refractivity (Wildman–Crippen MR) is 138 cm³/mol. The van der Waals surface area contributed by atoms with Crippen LogP contribution in [0.1, 0.15) is 143 Å². The number of carbonyl (C=O) groups is 1. The van der Waals surface area contributed by atoms with Crippen LogP contribution < -0.4 is 5.11 Å². The molecule has 0 N–H and O–H groups in total. The lowest BCUT2D eigenvalue weighted by Crippen LogP contribution is -2.16. The van der Waals surface area contributed by atoms with E-state index in [1.807, 2.05) is 0 Å². The number of aliphatic carboxylic acids is 1. The van der Waals surface area contributed by atoms with Crippen molar-refractivity contribution in [2.75, 3.05) is 25.2 Å². The second kappa shape index (κ2) is 25.2. The summed E-state index contributed by atoms with van der Waals surface area (Å²) in [6.07, 6.45) is 31.2. The van der Waals surface area contributed by atoms with E-state index < -0.39 is 13.2 Å². The van der Waals surface area contributed by atoms with E-state index in [2.05, 4.69) is 27.4 Å². The van der Waals surface area contributed by atoms with Crippen molar-refractivity contribution < 1.29 is 9.90 Å². The van der Waals surface area contributed by atoms with Gasteiger partial charge in [0.2, 0.25) is 0 Å². The zero-order valence-corrected chi connectivity index (χ0v) is 22.5. The average Bonchev–Trinajstić information content (AvgIpc) is 2.70. The molecule has 0 rings (SSSR count). The summed E-state index contributed by atoms with van der Waals surface area (Å²) in [6.45, 7) is 10.7. The van der Waals surface area contributed by atoms with E-state index in [1.165, 1.54) is 116 Å². The quantitative estimate of drug-likeness (QED) is 0.131. The minimum Gasteiger partial charge on any atom is -0.550 e. The summed E-state index contributed by atoms with van der Waals surface area (Å²) >= 11 is 0. The predicted octanol–water partition coefficient (Wildman–Crippen LogP) is 8.47. The smallest absolute Gasteiger partial charge is 0.0591 e. The van der Waals surface area contributed by atoms with E-state index in [-0.39, 0.29) is 0 Å². The number of hydrogen-bond acceptors (Lipinski definition) is 2. The molecule has 0 heterocycles. The second-order valence-corrected chi connectivity index (χ2v) is 14.2. The van der Waals surface area contributed by atoms with Crippen molar-refractivity contribution >= 4 is 13.2 Å². The Kier molecular flexibility index (Phi) is 26.9. The standard InChI is InChI=1S/C25H54P.C2H4O2/c1-5-8-11-14-17-20-23-26(4,24-21-18-15-12-9-6-2)25-22-19-16-13-10-7-3;1-2(3)4/h5-25H2,1-4H3;1H3,(H,3,4)/q+1;/p-1. The highest BCUT2D eigenvalue weighted by molar-refractivity contribution is 7.75. The third kappa shape index (κ3) is 27.9. The molecular weight excluding hydrogens is 387 g/mol. The molecule has 0 unspecified atom stereocenters. The summed E-state index contributed by atoms with van der Waals surface area (Å²) in [4.78, 5) is 8.89. The zero-order valence-electron chi connectivity index (χ0n) is 21.6. The molecule has 0 spiro atoms. The molecule has 0 atom stereocenters. The van der Waals surface area contributed by atoms with E-state index >= 15 is 0 Å². The fraction of sp³-hybridized carbons (Fsp3) is 0.963. The van der Waals surface area contributed by atoms with Crippen LogP contribution in [0, 0.1) is 0 Å². The number of unbranched alkanes of at least 4 members (excludes halogenated alkanes) is 15. The molecule has 0 fully saturated rings. The van der Waals surface area contributed by atoms with Crippen LogP contribution in [0.3, 0.4) is 0 Å². The third-order valence-corrected chi connectivity index (χ3v) is 10.3. The summed E-state index contributed by atoms with van der Waals surface area (Å²) in [5, 5.41) is 8.89. The highest BCUT2D eigenvalue weighted by atomic mass is 31.2. The maximum Gasteiger partial charge on any atom is 0.0591 e. The number of carboxylic acids is 1. The Hall–Kier alpha value is -0.100. The van der Waals surface area contributed by atoms with Gasteiger partial charge in [0.25, 0.3) is 0 Å². The topological polar surface area (TPSA) is 40.1 Å².